The minimum absolute atomic E-state index is 0.0534. The van der Waals surface area contributed by atoms with Crippen molar-refractivity contribution >= 4 is 46.6 Å². The van der Waals surface area contributed by atoms with Crippen LogP contribution in [0.2, 0.25) is 0 Å². The first-order valence-corrected chi connectivity index (χ1v) is 20.8. The smallest absolute Gasteiger partial charge is 0.245 e. The van der Waals surface area contributed by atoms with E-state index < -0.39 is 47.9 Å². The molecule has 318 valence electrons. The van der Waals surface area contributed by atoms with Gasteiger partial charge in [-0.3, -0.25) is 24.0 Å². The number of nitrogens with two attached hydrogens (primary N) is 1. The number of hydrogen-bond donors (Lipinski definition) is 5. The van der Waals surface area contributed by atoms with Crippen molar-refractivity contribution in [1.29, 1.82) is 0 Å². The largest absolute Gasteiger partial charge is 0.388 e. The summed E-state index contributed by atoms with van der Waals surface area (Å²) in [7, 11) is 6.00. The summed E-state index contributed by atoms with van der Waals surface area (Å²) in [4.78, 5) is 73.5. The number of carbonyl (C=O) groups excluding carboxylic acids is 5. The van der Waals surface area contributed by atoms with Gasteiger partial charge in [0.2, 0.25) is 29.5 Å². The third-order valence-electron chi connectivity index (χ3n) is 11.4. The van der Waals surface area contributed by atoms with E-state index >= 15 is 0 Å². The van der Waals surface area contributed by atoms with Crippen molar-refractivity contribution in [3.05, 3.63) is 89.5 Å². The molecule has 3 aromatic rings. The number of piperazine rings is 1. The summed E-state index contributed by atoms with van der Waals surface area (Å²) in [6.45, 7) is 11.0. The topological polar surface area (TPSA) is 172 Å². The molecule has 5 amide bonds. The molecule has 2 saturated heterocycles. The molecule has 2 aliphatic rings. The van der Waals surface area contributed by atoms with Crippen LogP contribution in [0.25, 0.3) is 0 Å². The quantitative estimate of drug-likeness (QED) is 0.145. The first-order valence-electron chi connectivity index (χ1n) is 20.8. The molecule has 6 unspecified atom stereocenters. The van der Waals surface area contributed by atoms with Crippen molar-refractivity contribution in [2.45, 2.75) is 83.6 Å². The maximum atomic E-state index is 13.6. The number of rotatable bonds is 15. The van der Waals surface area contributed by atoms with Crippen LogP contribution < -0.4 is 36.8 Å². The van der Waals surface area contributed by atoms with Crippen LogP contribution in [-0.4, -0.2) is 123 Å². The molecule has 0 aromatic heterocycles. The Bertz CT molecular complexity index is 1910. The van der Waals surface area contributed by atoms with Crippen LogP contribution in [0.5, 0.6) is 0 Å². The molecule has 0 aliphatic carbocycles. The van der Waals surface area contributed by atoms with Gasteiger partial charge >= 0.3 is 0 Å². The van der Waals surface area contributed by atoms with Crippen molar-refractivity contribution in [2.75, 3.05) is 69.0 Å². The number of nitrogens with zero attached hydrogens (tertiary/aromatic N) is 4. The summed E-state index contributed by atoms with van der Waals surface area (Å²) >= 11 is 0. The molecule has 6 N–H and O–H groups in total. The molecular weight excluding hydrogens is 747 g/mol. The summed E-state index contributed by atoms with van der Waals surface area (Å²) in [5.74, 6) is -2.19. The van der Waals surface area contributed by atoms with Crippen LogP contribution in [0.1, 0.15) is 70.1 Å². The molecule has 2 fully saturated rings. The molecule has 14 heteroatoms. The van der Waals surface area contributed by atoms with Crippen LogP contribution >= 0.6 is 0 Å². The molecule has 14 nitrogen and oxygen atoms in total. The molecule has 0 spiro atoms. The standard InChI is InChI=1S/C45H63N9O5/c1-28(2)40(50-42(56)38-10-9-23-54(38)45(59)31(5)48-41(55)29(3)46)43(57)49-30(4)44(58)53-26-24-52(25-27-53)37-21-15-34(16-22-37)39(32-11-17-35(47-6)18-12-32)33-13-19-36(20-14-33)51(7)8/h11-22,28-31,38-40,47H,9-10,23-27,46H2,1-8H3,(H,48,55)(H,49,57)(H,50,56). The van der Waals surface area contributed by atoms with Gasteiger partial charge in [0.15, 0.2) is 0 Å². The predicted octanol–water partition coefficient (Wildman–Crippen LogP) is 3.11. The normalized spacial score (nSPS) is 18.0. The predicted molar refractivity (Wildman–Crippen MR) is 233 cm³/mol. The van der Waals surface area contributed by atoms with Crippen molar-refractivity contribution in [1.82, 2.24) is 25.8 Å². The minimum atomic E-state index is -0.921. The lowest BCUT2D eigenvalue weighted by molar-refractivity contribution is -0.142. The van der Waals surface area contributed by atoms with Gasteiger partial charge in [0.1, 0.15) is 24.2 Å². The molecule has 3 aromatic carbocycles. The highest BCUT2D eigenvalue weighted by Gasteiger charge is 2.39. The summed E-state index contributed by atoms with van der Waals surface area (Å²) in [5, 5.41) is 11.5. The minimum Gasteiger partial charge on any atom is -0.388 e. The highest BCUT2D eigenvalue weighted by molar-refractivity contribution is 5.96. The number of anilines is 3. The highest BCUT2D eigenvalue weighted by atomic mass is 16.2. The maximum Gasteiger partial charge on any atom is 0.245 e. The van der Waals surface area contributed by atoms with Crippen LogP contribution in [-0.2, 0) is 24.0 Å². The summed E-state index contributed by atoms with van der Waals surface area (Å²) in [6, 6.07) is 21.8. The van der Waals surface area contributed by atoms with E-state index in [0.717, 1.165) is 17.1 Å². The monoisotopic (exact) mass is 809 g/mol. The molecule has 59 heavy (non-hydrogen) atoms. The Hall–Kier alpha value is -5.63. The number of likely N-dealkylation sites (tertiary alicyclic amines) is 1. The third kappa shape index (κ3) is 10.9. The Morgan fingerprint density at radius 3 is 1.73 bits per heavy atom. The number of nitrogens with one attached hydrogen (secondary N) is 4. The zero-order valence-corrected chi connectivity index (χ0v) is 35.8. The van der Waals surface area contributed by atoms with E-state index in [1.165, 1.54) is 28.5 Å². The van der Waals surface area contributed by atoms with Gasteiger partial charge in [-0.2, -0.15) is 0 Å². The Kier molecular flexibility index (Phi) is 15.0. The summed E-state index contributed by atoms with van der Waals surface area (Å²) in [6.07, 6.45) is 1.04. The van der Waals surface area contributed by atoms with Gasteiger partial charge in [-0.25, -0.2) is 0 Å². The first-order chi connectivity index (χ1) is 28.1. The zero-order chi connectivity index (χ0) is 43.0. The first kappa shape index (κ1) is 44.5. The van der Waals surface area contributed by atoms with Gasteiger partial charge in [0, 0.05) is 76.8 Å². The van der Waals surface area contributed by atoms with Crippen molar-refractivity contribution < 1.29 is 24.0 Å². The molecule has 0 radical (unpaired) electrons. The second kappa shape index (κ2) is 19.9. The van der Waals surface area contributed by atoms with Gasteiger partial charge in [-0.1, -0.05) is 50.2 Å². The summed E-state index contributed by atoms with van der Waals surface area (Å²) in [5.41, 5.74) is 12.5. The fourth-order valence-electron chi connectivity index (χ4n) is 7.83. The average Bonchev–Trinajstić information content (AvgIpc) is 3.73. The molecular formula is C45H63N9O5. The Morgan fingerprint density at radius 1 is 0.678 bits per heavy atom. The van der Waals surface area contributed by atoms with E-state index in [9.17, 15) is 24.0 Å². The Labute approximate surface area is 349 Å². The van der Waals surface area contributed by atoms with E-state index in [0.29, 0.717) is 45.6 Å². The van der Waals surface area contributed by atoms with Crippen LogP contribution in [0, 0.1) is 5.92 Å². The number of amides is 5. The molecule has 6 atom stereocenters. The van der Waals surface area contributed by atoms with E-state index in [-0.39, 0.29) is 23.7 Å². The van der Waals surface area contributed by atoms with Crippen molar-refractivity contribution in [2.24, 2.45) is 11.7 Å². The fraction of sp³-hybridized carbons (Fsp3) is 0.489. The van der Waals surface area contributed by atoms with Gasteiger partial charge in [-0.05, 0) is 92.6 Å². The molecule has 0 bridgehead atoms. The van der Waals surface area contributed by atoms with Crippen molar-refractivity contribution in [3.8, 4) is 0 Å². The fourth-order valence-corrected chi connectivity index (χ4v) is 7.83. The van der Waals surface area contributed by atoms with E-state index in [2.05, 4.69) is 104 Å². The van der Waals surface area contributed by atoms with Crippen LogP contribution in [0.4, 0.5) is 17.1 Å². The number of carbonyl (C=O) groups is 5. The Morgan fingerprint density at radius 2 is 1.20 bits per heavy atom. The van der Waals surface area contributed by atoms with Gasteiger partial charge in [-0.15, -0.1) is 0 Å². The van der Waals surface area contributed by atoms with E-state index in [1.807, 2.05) is 35.0 Å². The van der Waals surface area contributed by atoms with E-state index in [1.54, 1.807) is 18.7 Å². The van der Waals surface area contributed by atoms with Crippen LogP contribution in [0.15, 0.2) is 72.8 Å². The number of benzene rings is 3. The Balaban J connectivity index is 1.17. The molecule has 5 rings (SSSR count). The van der Waals surface area contributed by atoms with Gasteiger partial charge < -0.3 is 46.6 Å². The number of hydrogen-bond acceptors (Lipinski definition) is 9. The second-order valence-corrected chi connectivity index (χ2v) is 16.4. The highest BCUT2D eigenvalue weighted by Crippen LogP contribution is 2.35. The zero-order valence-electron chi connectivity index (χ0n) is 35.8. The summed E-state index contributed by atoms with van der Waals surface area (Å²) < 4.78 is 0. The van der Waals surface area contributed by atoms with Crippen molar-refractivity contribution in [3.63, 3.8) is 0 Å². The maximum absolute atomic E-state index is 13.6. The second-order valence-electron chi connectivity index (χ2n) is 16.4. The molecule has 2 aliphatic heterocycles. The lowest BCUT2D eigenvalue weighted by Crippen LogP contribution is -2.59. The van der Waals surface area contributed by atoms with Crippen LogP contribution in [0.3, 0.4) is 0 Å². The average molecular weight is 810 g/mol. The molecule has 0 saturated carbocycles. The van der Waals surface area contributed by atoms with E-state index in [4.69, 9.17) is 5.73 Å². The third-order valence-corrected chi connectivity index (χ3v) is 11.4. The van der Waals surface area contributed by atoms with Gasteiger partial charge in [0.05, 0.1) is 6.04 Å². The lowest BCUT2D eigenvalue weighted by atomic mass is 9.85. The SMILES string of the molecule is CNc1ccc(C(c2ccc(N(C)C)cc2)c2ccc(N3CCN(C(=O)C(C)NC(=O)C(NC(=O)C4CCCN4C(=O)C(C)NC(=O)C(C)N)C(C)C)CC3)cc2)cc1. The lowest BCUT2D eigenvalue weighted by Gasteiger charge is -2.37. The molecule has 2 heterocycles. The van der Waals surface area contributed by atoms with Gasteiger partial charge in [0.25, 0.3) is 0 Å².